The number of allylic oxidation sites excluding steroid dienone is 1. The highest BCUT2D eigenvalue weighted by Crippen LogP contribution is 2.37. The number of hydrogen-bond acceptors (Lipinski definition) is 1. The van der Waals surface area contributed by atoms with Crippen molar-refractivity contribution in [3.05, 3.63) is 143 Å². The first-order valence-corrected chi connectivity index (χ1v) is 15.5. The largest absolute Gasteiger partial charge is 0.429 e. The minimum Gasteiger partial charge on any atom is -0.429 e. The number of alkyl halides is 5. The van der Waals surface area contributed by atoms with Crippen molar-refractivity contribution in [3.63, 3.8) is 0 Å². The predicted molar refractivity (Wildman–Crippen MR) is 172 cm³/mol. The first-order chi connectivity index (χ1) is 23.6. The summed E-state index contributed by atoms with van der Waals surface area (Å²) in [5.74, 6) is -6.80. The van der Waals surface area contributed by atoms with E-state index in [2.05, 4.69) is 6.92 Å². The van der Waals surface area contributed by atoms with Gasteiger partial charge in [-0.1, -0.05) is 62.2 Å². The molecule has 5 rings (SSSR count). The summed E-state index contributed by atoms with van der Waals surface area (Å²) in [4.78, 5) is 0. The minimum atomic E-state index is -4.81. The molecule has 5 aromatic carbocycles. The Bertz CT molecular complexity index is 1990. The molecule has 0 atom stereocenters. The van der Waals surface area contributed by atoms with Crippen molar-refractivity contribution in [3.8, 4) is 39.1 Å². The molecule has 1 nitrogen and oxygen atoms in total. The van der Waals surface area contributed by atoms with Crippen molar-refractivity contribution in [2.45, 2.75) is 44.9 Å². The topological polar surface area (TPSA) is 9.23 Å². The highest BCUT2D eigenvalue weighted by atomic mass is 19.4. The number of halogens is 10. The lowest BCUT2D eigenvalue weighted by atomic mass is 9.98. The molecule has 0 aromatic heterocycles. The van der Waals surface area contributed by atoms with Crippen LogP contribution in [0.4, 0.5) is 43.9 Å². The number of benzene rings is 5. The van der Waals surface area contributed by atoms with Gasteiger partial charge in [0.05, 0.1) is 5.56 Å². The van der Waals surface area contributed by atoms with Crippen LogP contribution in [0.25, 0.3) is 39.5 Å². The van der Waals surface area contributed by atoms with Gasteiger partial charge in [-0.3, -0.25) is 0 Å². The molecular formula is C39H28F10O. The van der Waals surface area contributed by atoms with Crippen molar-refractivity contribution < 1.29 is 48.6 Å². The van der Waals surface area contributed by atoms with E-state index in [1.54, 1.807) is 12.1 Å². The van der Waals surface area contributed by atoms with Gasteiger partial charge >= 0.3 is 12.3 Å². The molecule has 0 aliphatic carbocycles. The molecule has 0 radical (unpaired) electrons. The fourth-order valence-corrected chi connectivity index (χ4v) is 5.36. The lowest BCUT2D eigenvalue weighted by molar-refractivity contribution is -0.187. The van der Waals surface area contributed by atoms with Crippen LogP contribution < -0.4 is 4.74 Å². The quantitative estimate of drug-likeness (QED) is 0.0984. The van der Waals surface area contributed by atoms with Gasteiger partial charge in [0.2, 0.25) is 0 Å². The van der Waals surface area contributed by atoms with Crippen LogP contribution in [0.1, 0.15) is 42.9 Å². The SMILES string of the molecule is CCCCCc1ccc(-c2ccc(C(F)(F)Oc3ccc(-c4ccc(-c5cc(F)c(C=CC(F)(F)F)c(F)c5)c(F)c4)c(F)c3)c(F)c2)cc1. The zero-order valence-electron chi connectivity index (χ0n) is 26.3. The van der Waals surface area contributed by atoms with Gasteiger partial charge in [-0.15, -0.1) is 0 Å². The molecule has 0 spiro atoms. The van der Waals surface area contributed by atoms with E-state index in [1.165, 1.54) is 12.1 Å². The average Bonchev–Trinajstić information content (AvgIpc) is 3.04. The molecule has 0 N–H and O–H groups in total. The van der Waals surface area contributed by atoms with E-state index in [9.17, 15) is 26.3 Å². The maximum atomic E-state index is 15.1. The van der Waals surface area contributed by atoms with Gasteiger partial charge in [-0.05, 0) is 89.2 Å². The van der Waals surface area contributed by atoms with Crippen LogP contribution in [0.15, 0.2) is 97.1 Å². The third-order valence-electron chi connectivity index (χ3n) is 7.93. The van der Waals surface area contributed by atoms with Crippen LogP contribution in [0.5, 0.6) is 5.75 Å². The first kappa shape index (κ1) is 36.2. The fourth-order valence-electron chi connectivity index (χ4n) is 5.36. The molecule has 50 heavy (non-hydrogen) atoms. The van der Waals surface area contributed by atoms with Crippen LogP contribution >= 0.6 is 0 Å². The van der Waals surface area contributed by atoms with Crippen molar-refractivity contribution >= 4 is 6.08 Å². The smallest absolute Gasteiger partial charge is 0.429 e. The molecule has 0 aliphatic heterocycles. The molecule has 11 heteroatoms. The molecule has 0 bridgehead atoms. The highest BCUT2D eigenvalue weighted by molar-refractivity contribution is 5.73. The van der Waals surface area contributed by atoms with Gasteiger partial charge in [0.1, 0.15) is 34.8 Å². The summed E-state index contributed by atoms with van der Waals surface area (Å²) in [5, 5.41) is 0. The fraction of sp³-hybridized carbons (Fsp3) is 0.179. The second kappa shape index (κ2) is 14.8. The number of rotatable bonds is 11. The Hall–Kier alpha value is -5.06. The van der Waals surface area contributed by atoms with Crippen LogP contribution in [0.2, 0.25) is 0 Å². The standard InChI is InChI=1S/C39H28F10O/c1-2-3-4-5-23-6-8-24(9-7-23)25-11-15-32(37(44)18-25)39(48,49)50-28-12-14-29(36(43)22-28)26-10-13-30(33(40)19-26)27-20-34(41)31(35(42)21-27)16-17-38(45,46)47/h6-22H,2-5H2,1H3. The Labute approximate surface area is 281 Å². The van der Waals surface area contributed by atoms with Gasteiger partial charge in [-0.2, -0.15) is 22.0 Å². The summed E-state index contributed by atoms with van der Waals surface area (Å²) in [5.41, 5.74) is -0.933. The molecule has 0 amide bonds. The van der Waals surface area contributed by atoms with E-state index in [4.69, 9.17) is 4.74 Å². The molecule has 0 aliphatic rings. The van der Waals surface area contributed by atoms with E-state index >= 15 is 17.6 Å². The molecule has 0 fully saturated rings. The average molecular weight is 703 g/mol. The summed E-state index contributed by atoms with van der Waals surface area (Å²) in [6.45, 7) is 2.11. The van der Waals surface area contributed by atoms with Crippen LogP contribution in [-0.2, 0) is 12.5 Å². The van der Waals surface area contributed by atoms with Crippen LogP contribution in [-0.4, -0.2) is 6.18 Å². The Kier molecular flexibility index (Phi) is 10.7. The third kappa shape index (κ3) is 8.56. The van der Waals surface area contributed by atoms with Crippen molar-refractivity contribution in [1.29, 1.82) is 0 Å². The summed E-state index contributed by atoms with van der Waals surface area (Å²) in [7, 11) is 0. The number of ether oxygens (including phenoxy) is 1. The molecule has 5 aromatic rings. The zero-order valence-corrected chi connectivity index (χ0v) is 26.3. The predicted octanol–water partition coefficient (Wildman–Crippen LogP) is 12.8. The molecule has 260 valence electrons. The van der Waals surface area contributed by atoms with E-state index in [-0.39, 0.29) is 34.4 Å². The molecular weight excluding hydrogens is 674 g/mol. The molecule has 0 unspecified atom stereocenters. The minimum absolute atomic E-state index is 0.0802. The molecule has 0 saturated carbocycles. The normalized spacial score (nSPS) is 12.1. The van der Waals surface area contributed by atoms with Crippen molar-refractivity contribution in [2.24, 2.45) is 0 Å². The Morgan fingerprint density at radius 2 is 1.12 bits per heavy atom. The summed E-state index contributed by atoms with van der Waals surface area (Å²) >= 11 is 0. The lowest BCUT2D eigenvalue weighted by Crippen LogP contribution is -2.23. The third-order valence-corrected chi connectivity index (χ3v) is 7.93. The van der Waals surface area contributed by atoms with Gasteiger partial charge in [0, 0.05) is 28.8 Å². The maximum absolute atomic E-state index is 15.1. The Morgan fingerprint density at radius 1 is 0.560 bits per heavy atom. The van der Waals surface area contributed by atoms with E-state index in [1.807, 2.05) is 12.1 Å². The first-order valence-electron chi connectivity index (χ1n) is 15.5. The summed E-state index contributed by atoms with van der Waals surface area (Å²) in [6, 6.07) is 17.5. The lowest BCUT2D eigenvalue weighted by Gasteiger charge is -2.20. The highest BCUT2D eigenvalue weighted by Gasteiger charge is 2.38. The molecule has 0 saturated heterocycles. The number of aryl methyl sites for hydroxylation is 1. The maximum Gasteiger partial charge on any atom is 0.429 e. The van der Waals surface area contributed by atoms with Crippen LogP contribution in [0.3, 0.4) is 0 Å². The van der Waals surface area contributed by atoms with E-state index < -0.39 is 58.2 Å². The van der Waals surface area contributed by atoms with Gasteiger partial charge < -0.3 is 4.74 Å². The Morgan fingerprint density at radius 3 is 1.72 bits per heavy atom. The van der Waals surface area contributed by atoms with Crippen LogP contribution in [0, 0.1) is 29.1 Å². The van der Waals surface area contributed by atoms with Crippen molar-refractivity contribution in [1.82, 2.24) is 0 Å². The number of hydrogen-bond donors (Lipinski definition) is 0. The number of unbranched alkanes of at least 4 members (excludes halogenated alkanes) is 2. The van der Waals surface area contributed by atoms with E-state index in [0.717, 1.165) is 67.6 Å². The summed E-state index contributed by atoms with van der Waals surface area (Å²) < 4.78 is 146. The van der Waals surface area contributed by atoms with Gasteiger partial charge in [0.25, 0.3) is 0 Å². The van der Waals surface area contributed by atoms with Gasteiger partial charge in [-0.25, -0.2) is 22.0 Å². The zero-order chi connectivity index (χ0) is 36.2. The van der Waals surface area contributed by atoms with E-state index in [0.29, 0.717) is 29.3 Å². The Balaban J connectivity index is 1.31. The molecule has 0 heterocycles. The second-order valence-corrected chi connectivity index (χ2v) is 11.5. The second-order valence-electron chi connectivity index (χ2n) is 11.5. The van der Waals surface area contributed by atoms with Gasteiger partial charge in [0.15, 0.2) is 0 Å². The monoisotopic (exact) mass is 702 g/mol. The summed E-state index contributed by atoms with van der Waals surface area (Å²) in [6.07, 6.45) is -5.03. The van der Waals surface area contributed by atoms with Crippen molar-refractivity contribution in [2.75, 3.05) is 0 Å².